The number of hydrogen-bond donors (Lipinski definition) is 1. The third-order valence-corrected chi connectivity index (χ3v) is 4.31. The van der Waals surface area contributed by atoms with Gasteiger partial charge in [-0.3, -0.25) is 0 Å². The molecule has 0 unspecified atom stereocenters. The van der Waals surface area contributed by atoms with E-state index in [4.69, 9.17) is 4.98 Å². The summed E-state index contributed by atoms with van der Waals surface area (Å²) in [5.74, 6) is 0.686. The molecule has 2 aromatic heterocycles. The molecule has 1 fully saturated rings. The maximum Gasteiger partial charge on any atom is 0.222 e. The van der Waals surface area contributed by atoms with Gasteiger partial charge in [-0.25, -0.2) is 15.0 Å². The van der Waals surface area contributed by atoms with Gasteiger partial charge in [0.2, 0.25) is 5.95 Å². The molecule has 20 heavy (non-hydrogen) atoms. The van der Waals surface area contributed by atoms with Crippen molar-refractivity contribution in [2.75, 3.05) is 29.9 Å². The number of anilines is 2. The van der Waals surface area contributed by atoms with Crippen LogP contribution < -0.4 is 10.2 Å². The summed E-state index contributed by atoms with van der Waals surface area (Å²) in [6.45, 7) is 5.11. The van der Waals surface area contributed by atoms with Crippen LogP contribution in [-0.4, -0.2) is 34.6 Å². The van der Waals surface area contributed by atoms with E-state index >= 15 is 0 Å². The lowest BCUT2D eigenvalue weighted by Crippen LogP contribution is -2.17. The van der Waals surface area contributed by atoms with Crippen LogP contribution in [0.25, 0.3) is 0 Å². The Bertz CT molecular complexity index is 545. The predicted octanol–water partition coefficient (Wildman–Crippen LogP) is 2.50. The van der Waals surface area contributed by atoms with Gasteiger partial charge in [0, 0.05) is 43.8 Å². The summed E-state index contributed by atoms with van der Waals surface area (Å²) in [6, 6.07) is 0. The lowest BCUT2D eigenvalue weighted by molar-refractivity contribution is 0.918. The van der Waals surface area contributed by atoms with E-state index < -0.39 is 0 Å². The summed E-state index contributed by atoms with van der Waals surface area (Å²) < 4.78 is 0. The number of aryl methyl sites for hydroxylation is 1. The van der Waals surface area contributed by atoms with Crippen molar-refractivity contribution >= 4 is 22.4 Å². The highest BCUT2D eigenvalue weighted by Crippen LogP contribution is 2.24. The van der Waals surface area contributed by atoms with Crippen molar-refractivity contribution < 1.29 is 0 Å². The molecule has 6 heteroatoms. The molecule has 1 saturated heterocycles. The summed E-state index contributed by atoms with van der Waals surface area (Å²) in [5.41, 5.74) is 2.22. The second-order valence-electron chi connectivity index (χ2n) is 5.08. The fraction of sp³-hybridized carbons (Fsp3) is 0.500. The second-order valence-corrected chi connectivity index (χ2v) is 5.91. The Kier molecular flexibility index (Phi) is 4.11. The zero-order chi connectivity index (χ0) is 13.8. The molecular formula is C14H19N5S. The van der Waals surface area contributed by atoms with Crippen molar-refractivity contribution in [2.45, 2.75) is 26.2 Å². The fourth-order valence-corrected chi connectivity index (χ4v) is 3.16. The topological polar surface area (TPSA) is 53.9 Å². The van der Waals surface area contributed by atoms with Crippen molar-refractivity contribution in [1.29, 1.82) is 0 Å². The van der Waals surface area contributed by atoms with Crippen molar-refractivity contribution in [3.05, 3.63) is 29.0 Å². The zero-order valence-corrected chi connectivity index (χ0v) is 12.5. The first-order chi connectivity index (χ1) is 9.81. The molecule has 1 aliphatic heterocycles. The molecule has 106 valence electrons. The average Bonchev–Trinajstić information content (AvgIpc) is 3.11. The van der Waals surface area contributed by atoms with E-state index in [1.807, 2.05) is 19.3 Å². The van der Waals surface area contributed by atoms with Crippen LogP contribution in [0.15, 0.2) is 17.8 Å². The first kappa shape index (κ1) is 13.3. The number of hydrogen-bond acceptors (Lipinski definition) is 6. The highest BCUT2D eigenvalue weighted by molar-refractivity contribution is 7.13. The molecule has 5 nitrogen and oxygen atoms in total. The van der Waals surface area contributed by atoms with Gasteiger partial charge in [0.15, 0.2) is 5.13 Å². The highest BCUT2D eigenvalue weighted by atomic mass is 32.1. The average molecular weight is 289 g/mol. The van der Waals surface area contributed by atoms with E-state index in [0.717, 1.165) is 37.3 Å². The minimum absolute atomic E-state index is 0.686. The molecular weight excluding hydrogens is 270 g/mol. The molecule has 0 radical (unpaired) electrons. The maximum absolute atomic E-state index is 4.70. The minimum atomic E-state index is 0.686. The van der Waals surface area contributed by atoms with Crippen LogP contribution in [0, 0.1) is 6.92 Å². The molecule has 3 rings (SSSR count). The standard InChI is InChI=1S/C14H19N5S/c1-11-8-16-13(17-9-11)15-5-4-12-10-20-14(18-12)19-6-2-3-7-19/h8-10H,2-7H2,1H3,(H,15,16,17). The summed E-state index contributed by atoms with van der Waals surface area (Å²) in [7, 11) is 0. The van der Waals surface area contributed by atoms with Gasteiger partial charge in [-0.05, 0) is 25.3 Å². The number of nitrogens with one attached hydrogen (secondary N) is 1. The van der Waals surface area contributed by atoms with Gasteiger partial charge in [-0.2, -0.15) is 0 Å². The van der Waals surface area contributed by atoms with Gasteiger partial charge in [0.05, 0.1) is 5.69 Å². The van der Waals surface area contributed by atoms with Crippen LogP contribution in [0.3, 0.4) is 0 Å². The monoisotopic (exact) mass is 289 g/mol. The SMILES string of the molecule is Cc1cnc(NCCc2csc(N3CCCC3)n2)nc1. The lowest BCUT2D eigenvalue weighted by Gasteiger charge is -2.12. The quantitative estimate of drug-likeness (QED) is 0.916. The molecule has 0 bridgehead atoms. The van der Waals surface area contributed by atoms with Gasteiger partial charge >= 0.3 is 0 Å². The van der Waals surface area contributed by atoms with Crippen LogP contribution in [0.2, 0.25) is 0 Å². The molecule has 0 amide bonds. The van der Waals surface area contributed by atoms with Gasteiger partial charge in [-0.1, -0.05) is 0 Å². The summed E-state index contributed by atoms with van der Waals surface area (Å²) >= 11 is 1.75. The summed E-state index contributed by atoms with van der Waals surface area (Å²) in [5, 5.41) is 6.56. The summed E-state index contributed by atoms with van der Waals surface area (Å²) in [4.78, 5) is 15.5. The molecule has 0 spiro atoms. The molecule has 3 heterocycles. The van der Waals surface area contributed by atoms with E-state index in [1.165, 1.54) is 18.0 Å². The van der Waals surface area contributed by atoms with E-state index in [2.05, 4.69) is 25.6 Å². The Morgan fingerprint density at radius 1 is 1.25 bits per heavy atom. The third-order valence-electron chi connectivity index (χ3n) is 3.36. The van der Waals surface area contributed by atoms with E-state index in [9.17, 15) is 0 Å². The van der Waals surface area contributed by atoms with Crippen LogP contribution in [-0.2, 0) is 6.42 Å². The van der Waals surface area contributed by atoms with Crippen LogP contribution in [0.5, 0.6) is 0 Å². The highest BCUT2D eigenvalue weighted by Gasteiger charge is 2.15. The van der Waals surface area contributed by atoms with Gasteiger partial charge in [0.25, 0.3) is 0 Å². The van der Waals surface area contributed by atoms with Crippen LogP contribution in [0.1, 0.15) is 24.1 Å². The normalized spacial score (nSPS) is 14.8. The van der Waals surface area contributed by atoms with Crippen molar-refractivity contribution in [3.63, 3.8) is 0 Å². The number of nitrogens with zero attached hydrogens (tertiary/aromatic N) is 4. The van der Waals surface area contributed by atoms with Gasteiger partial charge in [0.1, 0.15) is 0 Å². The van der Waals surface area contributed by atoms with E-state index in [-0.39, 0.29) is 0 Å². The lowest BCUT2D eigenvalue weighted by atomic mass is 10.3. The largest absolute Gasteiger partial charge is 0.354 e. The van der Waals surface area contributed by atoms with Gasteiger partial charge < -0.3 is 10.2 Å². The Morgan fingerprint density at radius 3 is 2.75 bits per heavy atom. The minimum Gasteiger partial charge on any atom is -0.354 e. The Hall–Kier alpha value is -1.69. The first-order valence-electron chi connectivity index (χ1n) is 7.03. The number of aromatic nitrogens is 3. The Balaban J connectivity index is 1.49. The molecule has 0 aliphatic carbocycles. The van der Waals surface area contributed by atoms with Gasteiger partial charge in [-0.15, -0.1) is 11.3 Å². The fourth-order valence-electron chi connectivity index (χ4n) is 2.25. The van der Waals surface area contributed by atoms with Crippen molar-refractivity contribution in [3.8, 4) is 0 Å². The molecule has 0 aromatic carbocycles. The molecule has 0 atom stereocenters. The Morgan fingerprint density at radius 2 is 2.00 bits per heavy atom. The zero-order valence-electron chi connectivity index (χ0n) is 11.7. The Labute approximate surface area is 123 Å². The second kappa shape index (κ2) is 6.17. The van der Waals surface area contributed by atoms with Crippen molar-refractivity contribution in [1.82, 2.24) is 15.0 Å². The van der Waals surface area contributed by atoms with Crippen LogP contribution >= 0.6 is 11.3 Å². The van der Waals surface area contributed by atoms with E-state index in [0.29, 0.717) is 5.95 Å². The van der Waals surface area contributed by atoms with E-state index in [1.54, 1.807) is 11.3 Å². The summed E-state index contributed by atoms with van der Waals surface area (Å²) in [6.07, 6.45) is 7.14. The first-order valence-corrected chi connectivity index (χ1v) is 7.91. The number of rotatable bonds is 5. The molecule has 1 N–H and O–H groups in total. The molecule has 1 aliphatic rings. The smallest absolute Gasteiger partial charge is 0.222 e. The van der Waals surface area contributed by atoms with Crippen molar-refractivity contribution in [2.24, 2.45) is 0 Å². The number of thiazole rings is 1. The third kappa shape index (κ3) is 3.25. The predicted molar refractivity (Wildman–Crippen MR) is 82.5 cm³/mol. The molecule has 2 aromatic rings. The van der Waals surface area contributed by atoms with Crippen LogP contribution in [0.4, 0.5) is 11.1 Å². The molecule has 0 saturated carbocycles. The maximum atomic E-state index is 4.70.